The minimum absolute atomic E-state index is 0.182. The van der Waals surface area contributed by atoms with Gasteiger partial charge in [0.2, 0.25) is 10.0 Å². The van der Waals surface area contributed by atoms with Gasteiger partial charge in [-0.15, -0.1) is 0 Å². The predicted molar refractivity (Wildman–Crippen MR) is 106 cm³/mol. The molecule has 1 fully saturated rings. The highest BCUT2D eigenvalue weighted by atomic mass is 32.2. The molecule has 3 rings (SSSR count). The van der Waals surface area contributed by atoms with Gasteiger partial charge >= 0.3 is 6.03 Å². The summed E-state index contributed by atoms with van der Waals surface area (Å²) in [6.07, 6.45) is 1.29. The van der Waals surface area contributed by atoms with Crippen molar-refractivity contribution in [3.05, 3.63) is 54.1 Å². The minimum atomic E-state index is -3.20. The molecule has 27 heavy (non-hydrogen) atoms. The van der Waals surface area contributed by atoms with Crippen LogP contribution in [0.3, 0.4) is 0 Å². The summed E-state index contributed by atoms with van der Waals surface area (Å²) in [6, 6.07) is 14.2. The van der Waals surface area contributed by atoms with Crippen LogP contribution in [0.2, 0.25) is 0 Å². The highest BCUT2D eigenvalue weighted by molar-refractivity contribution is 7.93. The van der Waals surface area contributed by atoms with E-state index in [1.807, 2.05) is 24.3 Å². The lowest BCUT2D eigenvalue weighted by Gasteiger charge is -2.17. The molecule has 0 aliphatic carbocycles. The number of ether oxygens (including phenoxy) is 1. The third-order valence-corrected chi connectivity index (χ3v) is 6.25. The van der Waals surface area contributed by atoms with E-state index >= 15 is 0 Å². The smallest absolute Gasteiger partial charge is 0.319 e. The Kier molecular flexibility index (Phi) is 5.85. The van der Waals surface area contributed by atoms with Gasteiger partial charge in [-0.25, -0.2) is 13.2 Å². The van der Waals surface area contributed by atoms with Crippen molar-refractivity contribution in [1.82, 2.24) is 5.32 Å². The van der Waals surface area contributed by atoms with Crippen LogP contribution in [0.15, 0.2) is 48.5 Å². The van der Waals surface area contributed by atoms with Gasteiger partial charge in [-0.2, -0.15) is 0 Å². The highest BCUT2D eigenvalue weighted by Gasteiger charge is 2.28. The lowest BCUT2D eigenvalue weighted by Crippen LogP contribution is -2.30. The Hall–Kier alpha value is -2.74. The number of benzene rings is 2. The van der Waals surface area contributed by atoms with E-state index in [9.17, 15) is 13.2 Å². The van der Waals surface area contributed by atoms with Crippen LogP contribution in [0.1, 0.15) is 12.0 Å². The molecular weight excluding hydrogens is 366 g/mol. The van der Waals surface area contributed by atoms with E-state index in [1.54, 1.807) is 31.4 Å². The molecular formula is C19H23N3O4S. The molecule has 0 radical (unpaired) electrons. The van der Waals surface area contributed by atoms with Gasteiger partial charge < -0.3 is 15.4 Å². The monoisotopic (exact) mass is 389 g/mol. The number of amides is 2. The molecule has 2 amide bonds. The maximum absolute atomic E-state index is 12.0. The van der Waals surface area contributed by atoms with Gasteiger partial charge in [-0.1, -0.05) is 18.2 Å². The molecule has 0 unspecified atom stereocenters. The number of carbonyl (C=O) groups is 1. The number of nitrogens with one attached hydrogen (secondary N) is 2. The quantitative estimate of drug-likeness (QED) is 0.795. The first-order valence-corrected chi connectivity index (χ1v) is 10.4. The first-order chi connectivity index (χ1) is 13.0. The van der Waals surface area contributed by atoms with Crippen LogP contribution in [-0.2, 0) is 16.4 Å². The van der Waals surface area contributed by atoms with E-state index in [0.717, 1.165) is 11.3 Å². The van der Waals surface area contributed by atoms with Crippen LogP contribution in [0.25, 0.3) is 0 Å². The molecule has 0 aromatic heterocycles. The molecule has 0 spiro atoms. The molecule has 1 aliphatic heterocycles. The number of nitrogens with zero attached hydrogens (tertiary/aromatic N) is 1. The van der Waals surface area contributed by atoms with Crippen molar-refractivity contribution in [2.75, 3.05) is 35.6 Å². The molecule has 0 saturated carbocycles. The Morgan fingerprint density at radius 1 is 1.15 bits per heavy atom. The van der Waals surface area contributed by atoms with Crippen LogP contribution in [0.4, 0.5) is 16.2 Å². The zero-order valence-electron chi connectivity index (χ0n) is 15.1. The second-order valence-electron chi connectivity index (χ2n) is 6.23. The summed E-state index contributed by atoms with van der Waals surface area (Å²) >= 11 is 0. The summed E-state index contributed by atoms with van der Waals surface area (Å²) in [5, 5.41) is 5.55. The molecule has 144 valence electrons. The fourth-order valence-corrected chi connectivity index (χ4v) is 4.60. The Balaban J connectivity index is 1.51. The zero-order valence-corrected chi connectivity index (χ0v) is 16.0. The second kappa shape index (κ2) is 8.30. The average molecular weight is 389 g/mol. The summed E-state index contributed by atoms with van der Waals surface area (Å²) in [4.78, 5) is 12.0. The van der Waals surface area contributed by atoms with E-state index in [-0.39, 0.29) is 11.8 Å². The fourth-order valence-electron chi connectivity index (χ4n) is 3.04. The molecule has 2 N–H and O–H groups in total. The Labute approximate surface area is 159 Å². The summed E-state index contributed by atoms with van der Waals surface area (Å²) in [6.45, 7) is 0.967. The van der Waals surface area contributed by atoms with Gasteiger partial charge in [0.15, 0.2) is 0 Å². The fraction of sp³-hybridized carbons (Fsp3) is 0.316. The maximum Gasteiger partial charge on any atom is 0.319 e. The van der Waals surface area contributed by atoms with Crippen molar-refractivity contribution in [1.29, 1.82) is 0 Å². The summed E-state index contributed by atoms with van der Waals surface area (Å²) < 4.78 is 30.6. The molecule has 0 bridgehead atoms. The average Bonchev–Trinajstić information content (AvgIpc) is 3.02. The van der Waals surface area contributed by atoms with Gasteiger partial charge in [-0.05, 0) is 48.7 Å². The third-order valence-electron chi connectivity index (χ3n) is 4.38. The summed E-state index contributed by atoms with van der Waals surface area (Å²) in [7, 11) is -1.58. The van der Waals surface area contributed by atoms with E-state index in [0.29, 0.717) is 37.3 Å². The number of methoxy groups -OCH3 is 1. The van der Waals surface area contributed by atoms with E-state index in [1.165, 1.54) is 4.31 Å². The molecule has 7 nitrogen and oxygen atoms in total. The van der Waals surface area contributed by atoms with Crippen LogP contribution >= 0.6 is 0 Å². The van der Waals surface area contributed by atoms with Gasteiger partial charge in [0.05, 0.1) is 18.6 Å². The molecule has 2 aromatic carbocycles. The Bertz CT molecular complexity index is 897. The van der Waals surface area contributed by atoms with Crippen molar-refractivity contribution >= 4 is 27.4 Å². The van der Waals surface area contributed by atoms with E-state index in [2.05, 4.69) is 10.6 Å². The van der Waals surface area contributed by atoms with Crippen molar-refractivity contribution in [3.8, 4) is 5.75 Å². The molecule has 2 aromatic rings. The van der Waals surface area contributed by atoms with Crippen molar-refractivity contribution in [2.24, 2.45) is 0 Å². The SMILES string of the molecule is COc1ccccc1CCNC(=O)Nc1ccc(N2CCCS2(=O)=O)cc1. The van der Waals surface area contributed by atoms with Crippen LogP contribution < -0.4 is 19.7 Å². The van der Waals surface area contributed by atoms with Gasteiger partial charge in [0.1, 0.15) is 5.75 Å². The van der Waals surface area contributed by atoms with Crippen LogP contribution in [0, 0.1) is 0 Å². The van der Waals surface area contributed by atoms with Crippen LogP contribution in [0.5, 0.6) is 5.75 Å². The van der Waals surface area contributed by atoms with Crippen molar-refractivity contribution in [2.45, 2.75) is 12.8 Å². The van der Waals surface area contributed by atoms with Gasteiger partial charge in [0, 0.05) is 18.8 Å². The Morgan fingerprint density at radius 3 is 2.56 bits per heavy atom. The second-order valence-corrected chi connectivity index (χ2v) is 8.24. The van der Waals surface area contributed by atoms with E-state index < -0.39 is 10.0 Å². The number of hydrogen-bond acceptors (Lipinski definition) is 4. The predicted octanol–water partition coefficient (Wildman–Crippen LogP) is 2.60. The number of rotatable bonds is 6. The summed E-state index contributed by atoms with van der Waals surface area (Å²) in [5.74, 6) is 0.980. The Morgan fingerprint density at radius 2 is 1.89 bits per heavy atom. The number of anilines is 2. The number of carbonyl (C=O) groups excluding carboxylic acids is 1. The number of hydrogen-bond donors (Lipinski definition) is 2. The maximum atomic E-state index is 12.0. The van der Waals surface area contributed by atoms with Gasteiger partial charge in [-0.3, -0.25) is 4.31 Å². The zero-order chi connectivity index (χ0) is 19.3. The molecule has 8 heteroatoms. The van der Waals surface area contributed by atoms with Crippen LogP contribution in [-0.4, -0.2) is 40.4 Å². The lowest BCUT2D eigenvalue weighted by atomic mass is 10.1. The number of sulfonamides is 1. The van der Waals surface area contributed by atoms with Crippen molar-refractivity contribution < 1.29 is 17.9 Å². The first kappa shape index (κ1) is 19.0. The summed E-state index contributed by atoms with van der Waals surface area (Å²) in [5.41, 5.74) is 2.25. The topological polar surface area (TPSA) is 87.7 Å². The third kappa shape index (κ3) is 4.71. The normalized spacial score (nSPS) is 15.4. The number of urea groups is 1. The molecule has 0 atom stereocenters. The van der Waals surface area contributed by atoms with E-state index in [4.69, 9.17) is 4.74 Å². The lowest BCUT2D eigenvalue weighted by molar-refractivity contribution is 0.252. The molecule has 1 aliphatic rings. The standard InChI is InChI=1S/C19H23N3O4S/c1-26-18-6-3-2-5-15(18)11-12-20-19(23)21-16-7-9-17(10-8-16)22-13-4-14-27(22,24)25/h2-3,5-10H,4,11-14H2,1H3,(H2,20,21,23). The van der Waals surface area contributed by atoms with Crippen molar-refractivity contribution in [3.63, 3.8) is 0 Å². The molecule has 1 saturated heterocycles. The minimum Gasteiger partial charge on any atom is -0.496 e. The highest BCUT2D eigenvalue weighted by Crippen LogP contribution is 2.25. The number of para-hydroxylation sites is 1. The van der Waals surface area contributed by atoms with Gasteiger partial charge in [0.25, 0.3) is 0 Å². The first-order valence-electron chi connectivity index (χ1n) is 8.77. The molecule has 1 heterocycles. The largest absolute Gasteiger partial charge is 0.496 e.